The molecular formula is C49H89NaO16S. The molecule has 0 saturated carbocycles. The van der Waals surface area contributed by atoms with Gasteiger partial charge in [-0.1, -0.05) is 187 Å². The van der Waals surface area contributed by atoms with Crippen LogP contribution in [0.3, 0.4) is 0 Å². The van der Waals surface area contributed by atoms with Crippen molar-refractivity contribution in [2.45, 2.75) is 275 Å². The van der Waals surface area contributed by atoms with Gasteiger partial charge in [0.1, 0.15) is 30.5 Å². The van der Waals surface area contributed by atoms with E-state index in [1.54, 1.807) is 13.0 Å². The maximum Gasteiger partial charge on any atom is 1.00 e. The summed E-state index contributed by atoms with van der Waals surface area (Å²) >= 11 is 0. The monoisotopic (exact) mass is 989 g/mol. The quantitative estimate of drug-likeness (QED) is 0.0138. The van der Waals surface area contributed by atoms with Crippen molar-refractivity contribution in [3.8, 4) is 0 Å². The summed E-state index contributed by atoms with van der Waals surface area (Å²) < 4.78 is 68.1. The molecule has 2 aliphatic rings. The van der Waals surface area contributed by atoms with Crippen molar-refractivity contribution < 1.29 is 106 Å². The topological polar surface area (TPSA) is 248 Å². The van der Waals surface area contributed by atoms with Crippen LogP contribution in [0.2, 0.25) is 0 Å². The fraction of sp³-hybridized carbons (Fsp3) is 0.918. The Kier molecular flexibility index (Phi) is 37.3. The molecule has 0 bridgehead atoms. The molecule has 2 rings (SSSR count). The summed E-state index contributed by atoms with van der Waals surface area (Å²) in [7, 11) is -5.55. The molecule has 5 N–H and O–H groups in total. The number of unbranched alkanes of at least 4 members (excludes halogenated alkanes) is 27. The van der Waals surface area contributed by atoms with Crippen molar-refractivity contribution in [3.63, 3.8) is 0 Å². The first-order valence-corrected chi connectivity index (χ1v) is 27.0. The molecule has 2 heterocycles. The van der Waals surface area contributed by atoms with E-state index >= 15 is 0 Å². The van der Waals surface area contributed by atoms with Gasteiger partial charge in [-0.2, -0.15) is 0 Å². The van der Waals surface area contributed by atoms with Crippen LogP contribution in [-0.4, -0.2) is 125 Å². The zero-order valence-electron chi connectivity index (χ0n) is 41.6. The normalized spacial score (nSPS) is 25.7. The molecule has 0 aromatic heterocycles. The average Bonchev–Trinajstić information content (AvgIpc) is 3.28. The number of aliphatic hydroxyl groups is 5. The van der Waals surface area contributed by atoms with Gasteiger partial charge in [0.15, 0.2) is 24.6 Å². The molecule has 18 heteroatoms. The predicted octanol–water partition coefficient (Wildman–Crippen LogP) is 4.88. The number of carbonyl (C=O) groups excluding carboxylic acids is 2. The number of aliphatic hydroxyl groups excluding tert-OH is 5. The first-order valence-electron chi connectivity index (χ1n) is 25.7. The summed E-state index contributed by atoms with van der Waals surface area (Å²) in [6.07, 6.45) is 16.4. The number of ether oxygens (including phenoxy) is 5. The van der Waals surface area contributed by atoms with Gasteiger partial charge in [-0.25, -0.2) is 13.2 Å². The van der Waals surface area contributed by atoms with Gasteiger partial charge in [-0.15, -0.1) is 0 Å². The van der Waals surface area contributed by atoms with E-state index in [1.165, 1.54) is 116 Å². The fourth-order valence-corrected chi connectivity index (χ4v) is 9.06. The number of allylic oxidation sites excluding steroid dienone is 1. The number of hydrogen-bond acceptors (Lipinski definition) is 16. The van der Waals surface area contributed by atoms with Crippen molar-refractivity contribution in [1.29, 1.82) is 0 Å². The van der Waals surface area contributed by atoms with Crippen molar-refractivity contribution in [1.82, 2.24) is 0 Å². The molecule has 0 unspecified atom stereocenters. The number of esters is 2. The van der Waals surface area contributed by atoms with Crippen molar-refractivity contribution >= 4 is 22.3 Å². The first-order chi connectivity index (χ1) is 31.8. The molecule has 0 amide bonds. The van der Waals surface area contributed by atoms with Gasteiger partial charge in [0.05, 0.1) is 13.2 Å². The summed E-state index contributed by atoms with van der Waals surface area (Å²) in [6.45, 7) is 4.27. The maximum atomic E-state index is 13.5. The van der Waals surface area contributed by atoms with E-state index < -0.39 is 97.0 Å². The average molecular weight is 989 g/mol. The molecule has 2 fully saturated rings. The van der Waals surface area contributed by atoms with Crippen molar-refractivity contribution in [2.24, 2.45) is 0 Å². The molecule has 388 valence electrons. The third kappa shape index (κ3) is 27.6. The first kappa shape index (κ1) is 64.2. The Bertz CT molecular complexity index is 1400. The minimum Gasteiger partial charge on any atom is -0.726 e. The molecule has 0 aromatic carbocycles. The van der Waals surface area contributed by atoms with E-state index in [0.29, 0.717) is 12.8 Å². The molecule has 0 aliphatic carbocycles. The molecule has 67 heavy (non-hydrogen) atoms. The van der Waals surface area contributed by atoms with Crippen LogP contribution in [0.15, 0.2) is 11.6 Å². The van der Waals surface area contributed by atoms with E-state index in [9.17, 15) is 48.1 Å². The van der Waals surface area contributed by atoms with Gasteiger partial charge in [-0.3, -0.25) is 8.98 Å². The third-order valence-corrected chi connectivity index (χ3v) is 13.2. The number of hydrogen-bond donors (Lipinski definition) is 5. The third-order valence-electron chi connectivity index (χ3n) is 12.7. The molecule has 16 nitrogen and oxygen atoms in total. The van der Waals surface area contributed by atoms with E-state index in [1.807, 2.05) is 0 Å². The summed E-state index contributed by atoms with van der Waals surface area (Å²) in [6, 6.07) is 0. The van der Waals surface area contributed by atoms with E-state index in [-0.39, 0.29) is 41.6 Å². The van der Waals surface area contributed by atoms with Gasteiger partial charge in [-0.05, 0) is 26.2 Å². The zero-order valence-corrected chi connectivity index (χ0v) is 44.4. The van der Waals surface area contributed by atoms with Crippen LogP contribution in [0, 0.1) is 0 Å². The molecular weight excluding hydrogens is 900 g/mol. The molecule has 2 aliphatic heterocycles. The number of rotatable bonds is 39. The van der Waals surface area contributed by atoms with Crippen LogP contribution in [0.25, 0.3) is 0 Å². The van der Waals surface area contributed by atoms with Crippen molar-refractivity contribution in [2.75, 3.05) is 13.2 Å². The van der Waals surface area contributed by atoms with Gasteiger partial charge in [0.25, 0.3) is 0 Å². The molecule has 2 saturated heterocycles. The summed E-state index contributed by atoms with van der Waals surface area (Å²) in [5.41, 5.74) is 0.224. The Morgan fingerprint density at radius 3 is 1.36 bits per heavy atom. The summed E-state index contributed by atoms with van der Waals surface area (Å²) in [4.78, 5) is 26.9. The molecule has 0 aromatic rings. The van der Waals surface area contributed by atoms with Crippen LogP contribution in [0.5, 0.6) is 0 Å². The Morgan fingerprint density at radius 2 is 0.940 bits per heavy atom. The second-order valence-electron chi connectivity index (χ2n) is 18.5. The predicted molar refractivity (Wildman–Crippen MR) is 249 cm³/mol. The zero-order chi connectivity index (χ0) is 48.6. The van der Waals surface area contributed by atoms with Crippen LogP contribution in [-0.2, 0) is 47.9 Å². The Hall–Kier alpha value is -0.770. The fourth-order valence-electron chi connectivity index (χ4n) is 8.58. The van der Waals surface area contributed by atoms with Crippen LogP contribution < -0.4 is 29.6 Å². The minimum absolute atomic E-state index is 0. The van der Waals surface area contributed by atoms with Gasteiger partial charge >= 0.3 is 41.5 Å². The molecule has 0 spiro atoms. The van der Waals surface area contributed by atoms with E-state index in [4.69, 9.17) is 23.7 Å². The van der Waals surface area contributed by atoms with Gasteiger partial charge in [0, 0.05) is 12.0 Å². The summed E-state index contributed by atoms with van der Waals surface area (Å²) in [5, 5.41) is 52.5. The molecule has 0 radical (unpaired) electrons. The van der Waals surface area contributed by atoms with Gasteiger partial charge < -0.3 is 53.8 Å². The summed E-state index contributed by atoms with van der Waals surface area (Å²) in [5.74, 6) is -1.61. The second-order valence-corrected chi connectivity index (χ2v) is 19.5. The standard InChI is InChI=1S/C49H90O16S.Na/c1-4-6-8-10-12-14-16-18-19-20-22-23-25-27-29-31-33-37(3)47(56)63-44-42(54)39(36-51)61-49(64-48-45(65-66(57,58)59)43(55)41(53)38(35-50)60-48)46(44)62-40(52)34-32-30-28-26-24-21-17-15-13-11-9-7-5-2;/h33,38-39,41-46,48-51,53-55H,4-32,34-36H2,1-3H3,(H,57,58,59);/q;+1/p-1/b37-33+;/t38-,39-,41-,42-,43+,44+,45-,46-,48-,49-;/m1./s1. The molecule has 10 atom stereocenters. The Labute approximate surface area is 425 Å². The largest absolute Gasteiger partial charge is 1.00 e. The van der Waals surface area contributed by atoms with E-state index in [0.717, 1.165) is 57.8 Å². The minimum atomic E-state index is -5.55. The number of carbonyl (C=O) groups is 2. The van der Waals surface area contributed by atoms with Crippen LogP contribution >= 0.6 is 0 Å². The maximum absolute atomic E-state index is 13.5. The van der Waals surface area contributed by atoms with Gasteiger partial charge in [0.2, 0.25) is 16.7 Å². The van der Waals surface area contributed by atoms with Crippen LogP contribution in [0.4, 0.5) is 0 Å². The Balaban J connectivity index is 0.0000224. The Morgan fingerprint density at radius 1 is 0.552 bits per heavy atom. The smallest absolute Gasteiger partial charge is 0.726 e. The van der Waals surface area contributed by atoms with Crippen molar-refractivity contribution in [3.05, 3.63) is 11.6 Å². The van der Waals surface area contributed by atoms with E-state index in [2.05, 4.69) is 18.0 Å². The second kappa shape index (κ2) is 38.8. The SMILES string of the molecule is CCCCCCCCCCCCCCCCC/C=C(\C)C(=O)O[C@H]1[C@H](O)[C@@H](CO)O[C@H](O[C@H]2O[C@H](CO)[C@@H](O)[C@H](O)[C@H]2OS(=O)(=O)[O-])[C@@H]1OC(=O)CCCCCCCCCCCCCCC.[Na+]. The van der Waals surface area contributed by atoms with Crippen LogP contribution in [0.1, 0.15) is 213 Å².